The molecule has 7 heteroatoms. The molecule has 0 aromatic heterocycles. The summed E-state index contributed by atoms with van der Waals surface area (Å²) in [5.74, 6) is 8.83. The Bertz CT molecular complexity index is 343. The molecule has 0 aromatic rings. The monoisotopic (exact) mass is 684 g/mol. The van der Waals surface area contributed by atoms with E-state index < -0.39 is 27.4 Å². The van der Waals surface area contributed by atoms with Crippen LogP contribution >= 0.6 is 10.0 Å². The van der Waals surface area contributed by atoms with E-state index in [9.17, 15) is 0 Å². The van der Waals surface area contributed by atoms with Gasteiger partial charge in [0, 0.05) is 0 Å². The van der Waals surface area contributed by atoms with Crippen LogP contribution in [-0.2, 0) is 0 Å². The van der Waals surface area contributed by atoms with Gasteiger partial charge < -0.3 is 24.8 Å². The van der Waals surface area contributed by atoms with Crippen molar-refractivity contribution in [1.29, 1.82) is 0 Å². The van der Waals surface area contributed by atoms with Crippen molar-refractivity contribution in [2.45, 2.75) is 188 Å². The van der Waals surface area contributed by atoms with E-state index in [-0.39, 0.29) is 39.0 Å². The van der Waals surface area contributed by atoms with Crippen LogP contribution in [0.4, 0.5) is 0 Å². The number of rotatable bonds is 21. The molecular formula is C33H75Al4Cl3. The van der Waals surface area contributed by atoms with Crippen molar-refractivity contribution < 1.29 is 24.8 Å². The summed E-state index contributed by atoms with van der Waals surface area (Å²) in [5.41, 5.74) is 0. The Hall–Kier alpha value is 3.00. The molecular weight excluding hydrogens is 611 g/mol. The summed E-state index contributed by atoms with van der Waals surface area (Å²) in [4.78, 5) is 0. The van der Waals surface area contributed by atoms with Crippen LogP contribution in [-0.4, -0.2) is 57.8 Å². The van der Waals surface area contributed by atoms with Gasteiger partial charge in [0.2, 0.25) is 0 Å². The first kappa shape index (κ1) is 55.4. The van der Waals surface area contributed by atoms with Gasteiger partial charge in [0.25, 0.3) is 28.3 Å². The van der Waals surface area contributed by atoms with Crippen LogP contribution in [0.5, 0.6) is 0 Å². The van der Waals surface area contributed by atoms with E-state index in [1.807, 2.05) is 5.79 Å². The van der Waals surface area contributed by atoms with E-state index in [1.165, 1.54) is 57.8 Å². The van der Waals surface area contributed by atoms with Crippen molar-refractivity contribution in [2.24, 2.45) is 17.8 Å². The van der Waals surface area contributed by atoms with Gasteiger partial charge in [-0.2, -0.15) is 0 Å². The predicted octanol–water partition coefficient (Wildman–Crippen LogP) is 7.36. The number of hydrogen-bond donors (Lipinski definition) is 0. The number of hydrogen-bond acceptors (Lipinski definition) is 0. The predicted molar refractivity (Wildman–Crippen MR) is 192 cm³/mol. The first-order valence-corrected chi connectivity index (χ1v) is 27.3. The van der Waals surface area contributed by atoms with E-state index in [4.69, 9.17) is 10.0 Å². The zero-order valence-corrected chi connectivity index (χ0v) is 36.8. The maximum atomic E-state index is 5.41. The van der Waals surface area contributed by atoms with Gasteiger partial charge in [0.15, 0.2) is 0 Å². The summed E-state index contributed by atoms with van der Waals surface area (Å²) >= 11 is 0.981. The minimum Gasteiger partial charge on any atom is -1.00 e. The van der Waals surface area contributed by atoms with Gasteiger partial charge in [0.1, 0.15) is 0 Å². The fourth-order valence-corrected chi connectivity index (χ4v) is 13.3. The van der Waals surface area contributed by atoms with Crippen LogP contribution in [0.1, 0.15) is 139 Å². The molecule has 0 nitrogen and oxygen atoms in total. The second-order valence-corrected chi connectivity index (χ2v) is 24.4. The SMILES string of the molecule is CC(C)[CH2][Al]([CH2]C(C)C)[CH2]C(C)C.CCCCC[CH2][Al]([CH2]CCCCC)[CH2]CCCCC.[CH3][Al+2].[CH3][Al]([CH3])[Cl].[Cl-].[Cl-]. The standard InChI is InChI=1S/3C6H13.3C4H9.3CH3.4Al.3ClH/c3*1-3-5-6-4-2;3*1-4(2)3;;;;;;;;;;/h3*1,3-6H2,2H3;3*4H,1H2,2-3H3;3*1H3;;;;;3*1H/q;;;;;;;;;;;+1;+2;;;/p-3. The molecule has 0 atom stereocenters. The minimum absolute atomic E-state index is 0. The van der Waals surface area contributed by atoms with E-state index in [0.717, 1.165) is 17.8 Å². The molecule has 40 heavy (non-hydrogen) atoms. The molecule has 0 saturated carbocycles. The molecule has 0 aliphatic heterocycles. The maximum absolute atomic E-state index is 5.41. The topological polar surface area (TPSA) is 0 Å². The molecule has 0 spiro atoms. The molecule has 0 amide bonds. The van der Waals surface area contributed by atoms with Gasteiger partial charge in [-0.25, -0.2) is 0 Å². The summed E-state index contributed by atoms with van der Waals surface area (Å²) in [6.07, 6.45) is 17.7. The van der Waals surface area contributed by atoms with Crippen molar-refractivity contribution in [3.05, 3.63) is 0 Å². The summed E-state index contributed by atoms with van der Waals surface area (Å²) in [6, 6.07) is 0. The average Bonchev–Trinajstić information content (AvgIpc) is 2.81. The van der Waals surface area contributed by atoms with Crippen LogP contribution in [0.15, 0.2) is 0 Å². The normalized spacial score (nSPS) is 9.85. The van der Waals surface area contributed by atoms with Crippen LogP contribution in [0, 0.1) is 17.8 Å². The van der Waals surface area contributed by atoms with E-state index in [2.05, 4.69) is 90.2 Å². The van der Waals surface area contributed by atoms with E-state index in [1.54, 1.807) is 51.0 Å². The molecule has 0 aliphatic carbocycles. The molecule has 0 saturated heterocycles. The summed E-state index contributed by atoms with van der Waals surface area (Å²) in [5, 5.41) is 9.61. The molecule has 0 heterocycles. The van der Waals surface area contributed by atoms with Crippen molar-refractivity contribution in [3.8, 4) is 0 Å². The fraction of sp³-hybridized carbons (Fsp3) is 1.00. The quantitative estimate of drug-likeness (QED) is 0.0876. The van der Waals surface area contributed by atoms with Gasteiger partial charge >= 0.3 is 35.3 Å². The largest absolute Gasteiger partial charge is 1.00 e. The van der Waals surface area contributed by atoms with E-state index in [0.29, 0.717) is 0 Å². The van der Waals surface area contributed by atoms with Crippen molar-refractivity contribution >= 4 is 67.9 Å². The molecule has 0 unspecified atom stereocenters. The molecule has 0 fully saturated rings. The third-order valence-corrected chi connectivity index (χ3v) is 15.3. The summed E-state index contributed by atoms with van der Waals surface area (Å²) in [7, 11) is 5.41. The zero-order chi connectivity index (χ0) is 30.2. The minimum atomic E-state index is -0.667. The van der Waals surface area contributed by atoms with Gasteiger partial charge in [-0.15, -0.1) is 0 Å². The first-order valence-electron chi connectivity index (χ1n) is 17.2. The molecule has 240 valence electrons. The smallest absolute Gasteiger partial charge is 0.393 e. The Labute approximate surface area is 296 Å². The molecule has 0 rings (SSSR count). The second kappa shape index (κ2) is 46.4. The van der Waals surface area contributed by atoms with Crippen LogP contribution in [0.2, 0.25) is 49.1 Å². The Kier molecular flexibility index (Phi) is 64.3. The third kappa shape index (κ3) is 60.2. The molecule has 0 bridgehead atoms. The van der Waals surface area contributed by atoms with Crippen molar-refractivity contribution in [1.82, 2.24) is 0 Å². The third-order valence-electron chi connectivity index (χ3n) is 6.81. The second-order valence-electron chi connectivity index (χ2n) is 13.2. The molecule has 0 N–H and O–H groups in total. The Morgan fingerprint density at radius 2 is 0.700 bits per heavy atom. The van der Waals surface area contributed by atoms with Crippen molar-refractivity contribution in [3.63, 3.8) is 0 Å². The Morgan fingerprint density at radius 3 is 0.875 bits per heavy atom. The summed E-state index contributed by atoms with van der Waals surface area (Å²) < 4.78 is 0. The fourth-order valence-electron chi connectivity index (χ4n) is 5.30. The Balaban J connectivity index is -0.000000120. The van der Waals surface area contributed by atoms with E-state index >= 15 is 0 Å². The first-order chi connectivity index (χ1) is 18.0. The van der Waals surface area contributed by atoms with Crippen LogP contribution in [0.25, 0.3) is 0 Å². The van der Waals surface area contributed by atoms with Gasteiger partial charge in [0.05, 0.1) is 0 Å². The maximum Gasteiger partial charge on any atom is 0.393 e. The molecule has 0 aromatic carbocycles. The van der Waals surface area contributed by atoms with Crippen LogP contribution < -0.4 is 24.8 Å². The Morgan fingerprint density at radius 1 is 0.475 bits per heavy atom. The summed E-state index contributed by atoms with van der Waals surface area (Å²) in [6.45, 7) is 21.2. The van der Waals surface area contributed by atoms with Crippen molar-refractivity contribution in [2.75, 3.05) is 0 Å². The van der Waals surface area contributed by atoms with Gasteiger partial charge in [-0.3, -0.25) is 10.0 Å². The van der Waals surface area contributed by atoms with Gasteiger partial charge in [-0.05, 0) is 0 Å². The average molecular weight is 686 g/mol. The van der Waals surface area contributed by atoms with Gasteiger partial charge in [-0.1, -0.05) is 200 Å². The van der Waals surface area contributed by atoms with Crippen LogP contribution in [0.3, 0.4) is 0 Å². The zero-order valence-electron chi connectivity index (χ0n) is 29.9. The number of unbranched alkanes of at least 4 members (excludes halogenated alkanes) is 9. The number of halogens is 3. The molecule has 0 radical (unpaired) electrons. The molecule has 0 aliphatic rings.